The van der Waals surface area contributed by atoms with Gasteiger partial charge in [-0.05, 0) is 42.3 Å². The van der Waals surface area contributed by atoms with Crippen LogP contribution in [0.3, 0.4) is 0 Å². The van der Waals surface area contributed by atoms with Gasteiger partial charge in [0.05, 0.1) is 11.2 Å². The van der Waals surface area contributed by atoms with Crippen LogP contribution in [0, 0.1) is 5.82 Å². The summed E-state index contributed by atoms with van der Waals surface area (Å²) in [7, 11) is 0. The van der Waals surface area contributed by atoms with Gasteiger partial charge in [-0.15, -0.1) is 0 Å². The highest BCUT2D eigenvalue weighted by molar-refractivity contribution is 5.94. The van der Waals surface area contributed by atoms with Gasteiger partial charge in [-0.3, -0.25) is 4.79 Å². The van der Waals surface area contributed by atoms with Crippen LogP contribution in [0.5, 0.6) is 5.75 Å². The van der Waals surface area contributed by atoms with E-state index in [1.807, 2.05) is 18.2 Å². The minimum Gasteiger partial charge on any atom is -0.375 e. The summed E-state index contributed by atoms with van der Waals surface area (Å²) in [5.74, 6) is 0.395. The Morgan fingerprint density at radius 3 is 2.87 bits per heavy atom. The molecule has 4 rings (SSSR count). The number of rotatable bonds is 2. The Labute approximate surface area is 132 Å². The van der Waals surface area contributed by atoms with Crippen LogP contribution in [0.15, 0.2) is 48.7 Å². The number of anilines is 1. The van der Waals surface area contributed by atoms with Gasteiger partial charge in [0, 0.05) is 31.1 Å². The predicted molar refractivity (Wildman–Crippen MR) is 86.1 cm³/mol. The SMILES string of the molecule is CC(=O)N1CCc2ccc(On3ccc4cc(F)ccc43)cc21. The molecule has 1 aromatic heterocycles. The number of benzene rings is 2. The second kappa shape index (κ2) is 5.12. The molecule has 0 saturated carbocycles. The zero-order valence-electron chi connectivity index (χ0n) is 12.6. The second-order valence-electron chi connectivity index (χ2n) is 5.65. The van der Waals surface area contributed by atoms with Crippen molar-refractivity contribution < 1.29 is 14.0 Å². The minimum absolute atomic E-state index is 0.0304. The normalized spacial score (nSPS) is 13.4. The van der Waals surface area contributed by atoms with Crippen LogP contribution in [0.4, 0.5) is 10.1 Å². The van der Waals surface area contributed by atoms with Gasteiger partial charge in [0.1, 0.15) is 5.82 Å². The molecule has 0 atom stereocenters. The summed E-state index contributed by atoms with van der Waals surface area (Å²) in [6.45, 7) is 2.27. The molecule has 23 heavy (non-hydrogen) atoms. The number of carbonyl (C=O) groups is 1. The van der Waals surface area contributed by atoms with Gasteiger partial charge in [0.15, 0.2) is 5.75 Å². The Kier molecular flexibility index (Phi) is 3.08. The highest BCUT2D eigenvalue weighted by atomic mass is 19.1. The lowest BCUT2D eigenvalue weighted by molar-refractivity contribution is -0.116. The van der Waals surface area contributed by atoms with Crippen molar-refractivity contribution in [1.29, 1.82) is 0 Å². The maximum absolute atomic E-state index is 13.3. The molecule has 1 aliphatic heterocycles. The topological polar surface area (TPSA) is 34.5 Å². The molecule has 4 nitrogen and oxygen atoms in total. The largest absolute Gasteiger partial charge is 0.375 e. The van der Waals surface area contributed by atoms with E-state index >= 15 is 0 Å². The summed E-state index contributed by atoms with van der Waals surface area (Å²) in [4.78, 5) is 19.3. The number of amides is 1. The van der Waals surface area contributed by atoms with Gasteiger partial charge in [-0.2, -0.15) is 4.73 Å². The van der Waals surface area contributed by atoms with E-state index in [9.17, 15) is 9.18 Å². The van der Waals surface area contributed by atoms with Crippen molar-refractivity contribution in [2.45, 2.75) is 13.3 Å². The van der Waals surface area contributed by atoms with E-state index in [1.54, 1.807) is 34.9 Å². The van der Waals surface area contributed by atoms with Crippen molar-refractivity contribution >= 4 is 22.5 Å². The van der Waals surface area contributed by atoms with Gasteiger partial charge in [0.25, 0.3) is 0 Å². The molecule has 5 heteroatoms. The quantitative estimate of drug-likeness (QED) is 0.725. The lowest BCUT2D eigenvalue weighted by Crippen LogP contribution is -2.25. The second-order valence-corrected chi connectivity index (χ2v) is 5.65. The van der Waals surface area contributed by atoms with Crippen molar-refractivity contribution in [3.05, 3.63) is 60.0 Å². The van der Waals surface area contributed by atoms with Gasteiger partial charge < -0.3 is 9.74 Å². The van der Waals surface area contributed by atoms with Crippen LogP contribution in [0.2, 0.25) is 0 Å². The van der Waals surface area contributed by atoms with Gasteiger partial charge in [-0.25, -0.2) is 4.39 Å². The van der Waals surface area contributed by atoms with Crippen molar-refractivity contribution in [2.24, 2.45) is 0 Å². The van der Waals surface area contributed by atoms with Crippen LogP contribution >= 0.6 is 0 Å². The first-order valence-corrected chi connectivity index (χ1v) is 7.48. The zero-order chi connectivity index (χ0) is 16.0. The molecule has 0 N–H and O–H groups in total. The molecule has 0 saturated heterocycles. The first-order valence-electron chi connectivity index (χ1n) is 7.48. The third-order valence-corrected chi connectivity index (χ3v) is 4.15. The molecule has 0 spiro atoms. The van der Waals surface area contributed by atoms with Crippen LogP contribution in [-0.2, 0) is 11.2 Å². The fourth-order valence-corrected chi connectivity index (χ4v) is 3.02. The Hall–Kier alpha value is -2.82. The fourth-order valence-electron chi connectivity index (χ4n) is 3.02. The Bertz CT molecular complexity index is 917. The maximum Gasteiger partial charge on any atom is 0.223 e. The molecule has 0 unspecified atom stereocenters. The molecule has 1 amide bonds. The highest BCUT2D eigenvalue weighted by Crippen LogP contribution is 2.32. The number of nitrogens with zero attached hydrogens (tertiary/aromatic N) is 2. The molecule has 116 valence electrons. The van der Waals surface area contributed by atoms with Crippen molar-refractivity contribution in [3.8, 4) is 5.75 Å². The van der Waals surface area contributed by atoms with Crippen LogP contribution in [0.1, 0.15) is 12.5 Å². The van der Waals surface area contributed by atoms with E-state index in [0.717, 1.165) is 28.6 Å². The number of hydrogen-bond acceptors (Lipinski definition) is 2. The average Bonchev–Trinajstić information content (AvgIpc) is 3.11. The van der Waals surface area contributed by atoms with Crippen LogP contribution in [0.25, 0.3) is 10.9 Å². The number of fused-ring (bicyclic) bond motifs is 2. The maximum atomic E-state index is 13.3. The average molecular weight is 310 g/mol. The smallest absolute Gasteiger partial charge is 0.223 e. The number of carbonyl (C=O) groups excluding carboxylic acids is 1. The monoisotopic (exact) mass is 310 g/mol. The Balaban J connectivity index is 1.69. The van der Waals surface area contributed by atoms with E-state index < -0.39 is 0 Å². The molecule has 2 aromatic carbocycles. The number of halogens is 1. The third-order valence-electron chi connectivity index (χ3n) is 4.15. The van der Waals surface area contributed by atoms with Crippen molar-refractivity contribution in [2.75, 3.05) is 11.4 Å². The number of aromatic nitrogens is 1. The van der Waals surface area contributed by atoms with Crippen LogP contribution in [-0.4, -0.2) is 17.2 Å². The number of hydrogen-bond donors (Lipinski definition) is 0. The van der Waals surface area contributed by atoms with Gasteiger partial charge in [-0.1, -0.05) is 6.07 Å². The third kappa shape index (κ3) is 2.34. The molecular formula is C18H15FN2O2. The first-order chi connectivity index (χ1) is 11.1. The summed E-state index contributed by atoms with van der Waals surface area (Å²) in [5.41, 5.74) is 2.83. The van der Waals surface area contributed by atoms with Gasteiger partial charge in [0.2, 0.25) is 5.91 Å². The molecular weight excluding hydrogens is 295 g/mol. The van der Waals surface area contributed by atoms with Crippen LogP contribution < -0.4 is 9.74 Å². The van der Waals surface area contributed by atoms with E-state index in [4.69, 9.17) is 4.84 Å². The molecule has 0 fully saturated rings. The molecule has 0 radical (unpaired) electrons. The standard InChI is InChI=1S/C18H15FN2O2/c1-12(22)20-8-6-13-2-4-16(11-18(13)20)23-21-9-7-14-10-15(19)3-5-17(14)21/h2-5,7,9-11H,6,8H2,1H3. The predicted octanol–water partition coefficient (Wildman–Crippen LogP) is 3.53. The summed E-state index contributed by atoms with van der Waals surface area (Å²) in [5, 5.41) is 0.775. The van der Waals surface area contributed by atoms with E-state index in [0.29, 0.717) is 12.3 Å². The van der Waals surface area contributed by atoms with Gasteiger partial charge >= 0.3 is 0 Å². The lowest BCUT2D eigenvalue weighted by Gasteiger charge is -2.16. The fraction of sp³-hybridized carbons (Fsp3) is 0.167. The summed E-state index contributed by atoms with van der Waals surface area (Å²) < 4.78 is 14.9. The zero-order valence-corrected chi connectivity index (χ0v) is 12.6. The molecule has 2 heterocycles. The van der Waals surface area contributed by atoms with Crippen molar-refractivity contribution in [3.63, 3.8) is 0 Å². The highest BCUT2D eigenvalue weighted by Gasteiger charge is 2.22. The molecule has 0 aliphatic carbocycles. The summed E-state index contributed by atoms with van der Waals surface area (Å²) >= 11 is 0. The van der Waals surface area contributed by atoms with Crippen molar-refractivity contribution in [1.82, 2.24) is 4.73 Å². The Morgan fingerprint density at radius 2 is 2.04 bits per heavy atom. The van der Waals surface area contributed by atoms with E-state index in [-0.39, 0.29) is 11.7 Å². The summed E-state index contributed by atoms with van der Waals surface area (Å²) in [6.07, 6.45) is 2.61. The lowest BCUT2D eigenvalue weighted by atomic mass is 10.1. The minimum atomic E-state index is -0.273. The Morgan fingerprint density at radius 1 is 1.17 bits per heavy atom. The molecule has 3 aromatic rings. The van der Waals surface area contributed by atoms with E-state index in [2.05, 4.69) is 0 Å². The van der Waals surface area contributed by atoms with E-state index in [1.165, 1.54) is 12.1 Å². The summed E-state index contributed by atoms with van der Waals surface area (Å²) in [6, 6.07) is 12.1. The first kappa shape index (κ1) is 13.8. The molecule has 1 aliphatic rings. The molecule has 0 bridgehead atoms.